The normalized spacial score (nSPS) is 16.1. The van der Waals surface area contributed by atoms with Gasteiger partial charge >= 0.3 is 0 Å². The summed E-state index contributed by atoms with van der Waals surface area (Å²) in [7, 11) is -3.69. The van der Waals surface area contributed by atoms with E-state index in [0.717, 1.165) is 11.4 Å². The van der Waals surface area contributed by atoms with Crippen molar-refractivity contribution in [2.24, 2.45) is 0 Å². The summed E-state index contributed by atoms with van der Waals surface area (Å²) in [5, 5.41) is 0. The Morgan fingerprint density at radius 2 is 1.48 bits per heavy atom. The monoisotopic (exact) mass is 409 g/mol. The molecule has 0 N–H and O–H groups in total. The Morgan fingerprint density at radius 1 is 0.862 bits per heavy atom. The number of ether oxygens (including phenoxy) is 1. The molecule has 4 rings (SSSR count). The smallest absolute Gasteiger partial charge is 0.271 e. The zero-order chi connectivity index (χ0) is 20.1. The lowest BCUT2D eigenvalue weighted by Gasteiger charge is -2.36. The average molecular weight is 410 g/mol. The summed E-state index contributed by atoms with van der Waals surface area (Å²) >= 11 is 0. The van der Waals surface area contributed by atoms with Gasteiger partial charge in [0.15, 0.2) is 0 Å². The van der Waals surface area contributed by atoms with Crippen molar-refractivity contribution in [2.75, 3.05) is 18.1 Å². The van der Waals surface area contributed by atoms with Crippen molar-refractivity contribution in [3.05, 3.63) is 96.1 Å². The van der Waals surface area contributed by atoms with E-state index in [2.05, 4.69) is 17.0 Å². The van der Waals surface area contributed by atoms with Crippen LogP contribution in [0.4, 0.5) is 5.69 Å². The highest BCUT2D eigenvalue weighted by atomic mass is 32.2. The Labute approximate surface area is 171 Å². The van der Waals surface area contributed by atoms with Crippen LogP contribution in [0.15, 0.2) is 84.9 Å². The molecule has 1 aliphatic rings. The minimum atomic E-state index is -3.69. The standard InChI is InChI=1S/C23H23NO4S/c25-29(26,18-20-11-5-2-6-12-20)27-17-21-16-24(15-19-9-3-1-4-10-19)22-13-7-8-14-23(22)28-21/h1-14,21H,15-18H2. The topological polar surface area (TPSA) is 55.8 Å². The lowest BCUT2D eigenvalue weighted by atomic mass is 10.1. The van der Waals surface area contributed by atoms with E-state index >= 15 is 0 Å². The lowest BCUT2D eigenvalue weighted by molar-refractivity contribution is 0.127. The molecular formula is C23H23NO4S. The van der Waals surface area contributed by atoms with Crippen molar-refractivity contribution in [3.8, 4) is 5.75 Å². The molecule has 0 bridgehead atoms. The van der Waals surface area contributed by atoms with Crippen molar-refractivity contribution in [3.63, 3.8) is 0 Å². The molecule has 6 heteroatoms. The molecule has 0 saturated heterocycles. The molecule has 0 saturated carbocycles. The first-order valence-electron chi connectivity index (χ1n) is 9.55. The first-order chi connectivity index (χ1) is 14.1. The van der Waals surface area contributed by atoms with E-state index in [1.807, 2.05) is 60.7 Å². The average Bonchev–Trinajstić information content (AvgIpc) is 2.74. The summed E-state index contributed by atoms with van der Waals surface area (Å²) in [5.74, 6) is 0.592. The highest BCUT2D eigenvalue weighted by Crippen LogP contribution is 2.34. The van der Waals surface area contributed by atoms with Gasteiger partial charge in [0.1, 0.15) is 24.2 Å². The van der Waals surface area contributed by atoms with Crippen LogP contribution in [0.25, 0.3) is 0 Å². The third-order valence-electron chi connectivity index (χ3n) is 4.76. The van der Waals surface area contributed by atoms with Crippen molar-refractivity contribution in [1.29, 1.82) is 0 Å². The predicted molar refractivity (Wildman–Crippen MR) is 113 cm³/mol. The molecule has 0 radical (unpaired) electrons. The third-order valence-corrected chi connectivity index (χ3v) is 5.94. The van der Waals surface area contributed by atoms with Crippen molar-refractivity contribution in [1.82, 2.24) is 0 Å². The molecule has 1 aliphatic heterocycles. The fourth-order valence-corrected chi connectivity index (χ4v) is 4.46. The van der Waals surface area contributed by atoms with Gasteiger partial charge in [0.25, 0.3) is 10.1 Å². The molecule has 1 atom stereocenters. The lowest BCUT2D eigenvalue weighted by Crippen LogP contribution is -2.42. The highest BCUT2D eigenvalue weighted by Gasteiger charge is 2.27. The van der Waals surface area contributed by atoms with Crippen LogP contribution in [0.5, 0.6) is 5.75 Å². The Balaban J connectivity index is 1.44. The SMILES string of the molecule is O=S(=O)(Cc1ccccc1)OCC1CN(Cc2ccccc2)c2ccccc2O1. The van der Waals surface area contributed by atoms with Crippen LogP contribution in [-0.2, 0) is 26.6 Å². The number of rotatable bonds is 7. The third kappa shape index (κ3) is 5.16. The van der Waals surface area contributed by atoms with Crippen LogP contribution in [0.1, 0.15) is 11.1 Å². The minimum absolute atomic E-state index is 0.0191. The minimum Gasteiger partial charge on any atom is -0.484 e. The molecule has 1 heterocycles. The number of hydrogen-bond donors (Lipinski definition) is 0. The number of anilines is 1. The predicted octanol–water partition coefficient (Wildman–Crippen LogP) is 4.00. The maximum Gasteiger partial charge on any atom is 0.271 e. The molecule has 3 aromatic rings. The maximum atomic E-state index is 12.4. The van der Waals surface area contributed by atoms with E-state index in [1.54, 1.807) is 12.1 Å². The summed E-state index contributed by atoms with van der Waals surface area (Å²) in [5.41, 5.74) is 2.88. The molecule has 0 aliphatic carbocycles. The molecule has 5 nitrogen and oxygen atoms in total. The Hall–Kier alpha value is -2.83. The molecule has 0 aromatic heterocycles. The van der Waals surface area contributed by atoms with Gasteiger partial charge in [-0.3, -0.25) is 4.18 Å². The van der Waals surface area contributed by atoms with Gasteiger partial charge in [-0.2, -0.15) is 8.42 Å². The van der Waals surface area contributed by atoms with Crippen molar-refractivity contribution < 1.29 is 17.3 Å². The van der Waals surface area contributed by atoms with Gasteiger partial charge in [-0.15, -0.1) is 0 Å². The van der Waals surface area contributed by atoms with E-state index in [0.29, 0.717) is 18.7 Å². The van der Waals surface area contributed by atoms with Crippen LogP contribution in [0.2, 0.25) is 0 Å². The van der Waals surface area contributed by atoms with Gasteiger partial charge in [-0.05, 0) is 23.3 Å². The number of benzene rings is 3. The van der Waals surface area contributed by atoms with Crippen LogP contribution in [0.3, 0.4) is 0 Å². The summed E-state index contributed by atoms with van der Waals surface area (Å²) in [6, 6.07) is 27.0. The molecule has 1 unspecified atom stereocenters. The zero-order valence-corrected chi connectivity index (χ0v) is 16.8. The first-order valence-corrected chi connectivity index (χ1v) is 11.1. The molecule has 29 heavy (non-hydrogen) atoms. The first kappa shape index (κ1) is 19.5. The van der Waals surface area contributed by atoms with E-state index in [-0.39, 0.29) is 18.5 Å². The quantitative estimate of drug-likeness (QED) is 0.552. The van der Waals surface area contributed by atoms with E-state index < -0.39 is 10.1 Å². The number of nitrogens with zero attached hydrogens (tertiary/aromatic N) is 1. The molecule has 0 spiro atoms. The summed E-state index contributed by atoms with van der Waals surface area (Å²) in [4.78, 5) is 2.20. The summed E-state index contributed by atoms with van der Waals surface area (Å²) in [6.07, 6.45) is -0.376. The molecular weight excluding hydrogens is 386 g/mol. The second-order valence-corrected chi connectivity index (χ2v) is 8.69. The highest BCUT2D eigenvalue weighted by molar-refractivity contribution is 7.85. The second-order valence-electron chi connectivity index (χ2n) is 7.05. The molecule has 3 aromatic carbocycles. The van der Waals surface area contributed by atoms with Crippen molar-refractivity contribution in [2.45, 2.75) is 18.4 Å². The van der Waals surface area contributed by atoms with Crippen LogP contribution in [-0.4, -0.2) is 27.7 Å². The molecule has 0 fully saturated rings. The largest absolute Gasteiger partial charge is 0.484 e. The van der Waals surface area contributed by atoms with Gasteiger partial charge < -0.3 is 9.64 Å². The van der Waals surface area contributed by atoms with Crippen LogP contribution in [0, 0.1) is 0 Å². The number of fused-ring (bicyclic) bond motifs is 1. The van der Waals surface area contributed by atoms with Crippen LogP contribution >= 0.6 is 0 Å². The van der Waals surface area contributed by atoms with E-state index in [1.165, 1.54) is 5.56 Å². The Bertz CT molecular complexity index is 1040. The van der Waals surface area contributed by atoms with Crippen molar-refractivity contribution >= 4 is 15.8 Å². The fraction of sp³-hybridized carbons (Fsp3) is 0.217. The Morgan fingerprint density at radius 3 is 2.21 bits per heavy atom. The van der Waals surface area contributed by atoms with Gasteiger partial charge in [0.2, 0.25) is 0 Å². The summed E-state index contributed by atoms with van der Waals surface area (Å²) in [6.45, 7) is 1.25. The molecule has 150 valence electrons. The van der Waals surface area contributed by atoms with Gasteiger partial charge in [0, 0.05) is 6.54 Å². The Kier molecular flexibility index (Phi) is 5.83. The van der Waals surface area contributed by atoms with Gasteiger partial charge in [-0.1, -0.05) is 72.8 Å². The number of para-hydroxylation sites is 2. The van der Waals surface area contributed by atoms with E-state index in [9.17, 15) is 8.42 Å². The van der Waals surface area contributed by atoms with Gasteiger partial charge in [-0.25, -0.2) is 0 Å². The van der Waals surface area contributed by atoms with Crippen LogP contribution < -0.4 is 9.64 Å². The zero-order valence-electron chi connectivity index (χ0n) is 16.0. The maximum absolute atomic E-state index is 12.4. The number of hydrogen-bond acceptors (Lipinski definition) is 5. The summed E-state index contributed by atoms with van der Waals surface area (Å²) < 4.78 is 36.1. The van der Waals surface area contributed by atoms with E-state index in [4.69, 9.17) is 8.92 Å². The molecule has 0 amide bonds. The fourth-order valence-electron chi connectivity index (χ4n) is 3.42. The van der Waals surface area contributed by atoms with Gasteiger partial charge in [0.05, 0.1) is 12.2 Å². The second kappa shape index (κ2) is 8.68.